The van der Waals surface area contributed by atoms with E-state index < -0.39 is 5.91 Å². The second kappa shape index (κ2) is 4.95. The SMILES string of the molecule is CC1CCCNC1C(=O)NCC(N)=O. The first-order valence-corrected chi connectivity index (χ1v) is 4.90. The molecule has 0 aliphatic carbocycles. The van der Waals surface area contributed by atoms with Gasteiger partial charge in [0, 0.05) is 0 Å². The average Bonchev–Trinajstić information content (AvgIpc) is 2.15. The summed E-state index contributed by atoms with van der Waals surface area (Å²) < 4.78 is 0. The first-order chi connectivity index (χ1) is 6.61. The van der Waals surface area contributed by atoms with Crippen molar-refractivity contribution in [2.75, 3.05) is 13.1 Å². The highest BCUT2D eigenvalue weighted by Gasteiger charge is 2.26. The van der Waals surface area contributed by atoms with Crippen LogP contribution in [0.2, 0.25) is 0 Å². The molecule has 80 valence electrons. The van der Waals surface area contributed by atoms with E-state index in [9.17, 15) is 9.59 Å². The number of nitrogens with two attached hydrogens (primary N) is 1. The molecule has 5 heteroatoms. The van der Waals surface area contributed by atoms with Crippen LogP contribution in [0.15, 0.2) is 0 Å². The van der Waals surface area contributed by atoms with Crippen molar-refractivity contribution in [3.8, 4) is 0 Å². The summed E-state index contributed by atoms with van der Waals surface area (Å²) >= 11 is 0. The smallest absolute Gasteiger partial charge is 0.237 e. The molecule has 1 fully saturated rings. The third-order valence-corrected chi connectivity index (χ3v) is 2.49. The highest BCUT2D eigenvalue weighted by molar-refractivity contribution is 5.87. The van der Waals surface area contributed by atoms with Gasteiger partial charge in [-0.25, -0.2) is 0 Å². The Kier molecular flexibility index (Phi) is 3.88. The van der Waals surface area contributed by atoms with Gasteiger partial charge in [0.1, 0.15) is 0 Å². The van der Waals surface area contributed by atoms with Crippen LogP contribution in [0, 0.1) is 5.92 Å². The van der Waals surface area contributed by atoms with Crippen LogP contribution in [0.3, 0.4) is 0 Å². The molecular weight excluding hydrogens is 182 g/mol. The standard InChI is InChI=1S/C9H17N3O2/c1-6-3-2-4-11-8(6)9(14)12-5-7(10)13/h6,8,11H,2-5H2,1H3,(H2,10,13)(H,12,14). The molecule has 1 heterocycles. The second-order valence-electron chi connectivity index (χ2n) is 3.74. The third-order valence-electron chi connectivity index (χ3n) is 2.49. The number of carbonyl (C=O) groups is 2. The summed E-state index contributed by atoms with van der Waals surface area (Å²) in [4.78, 5) is 22.0. The van der Waals surface area contributed by atoms with Crippen LogP contribution in [-0.2, 0) is 9.59 Å². The minimum absolute atomic E-state index is 0.0796. The van der Waals surface area contributed by atoms with Gasteiger partial charge in [0.25, 0.3) is 0 Å². The summed E-state index contributed by atoms with van der Waals surface area (Å²) in [5, 5.41) is 5.63. The fraction of sp³-hybridized carbons (Fsp3) is 0.778. The van der Waals surface area contributed by atoms with E-state index in [1.807, 2.05) is 6.92 Å². The predicted octanol–water partition coefficient (Wildman–Crippen LogP) is -1.02. The Labute approximate surface area is 83.4 Å². The molecule has 5 nitrogen and oxygen atoms in total. The topological polar surface area (TPSA) is 84.2 Å². The van der Waals surface area contributed by atoms with Crippen LogP contribution >= 0.6 is 0 Å². The molecule has 2 atom stereocenters. The summed E-state index contributed by atoms with van der Waals surface area (Å²) in [6, 6.07) is -0.178. The molecule has 1 aliphatic heterocycles. The van der Waals surface area contributed by atoms with E-state index in [4.69, 9.17) is 5.73 Å². The van der Waals surface area contributed by atoms with Crippen molar-refractivity contribution in [3.05, 3.63) is 0 Å². The average molecular weight is 199 g/mol. The Morgan fingerprint density at radius 3 is 2.86 bits per heavy atom. The van der Waals surface area contributed by atoms with Crippen LogP contribution in [0.25, 0.3) is 0 Å². The maximum atomic E-state index is 11.5. The molecule has 0 saturated carbocycles. The lowest BCUT2D eigenvalue weighted by atomic mass is 9.92. The number of primary amides is 1. The van der Waals surface area contributed by atoms with Gasteiger partial charge in [-0.15, -0.1) is 0 Å². The molecule has 4 N–H and O–H groups in total. The van der Waals surface area contributed by atoms with Crippen molar-refractivity contribution >= 4 is 11.8 Å². The predicted molar refractivity (Wildman–Crippen MR) is 52.4 cm³/mol. The van der Waals surface area contributed by atoms with Gasteiger partial charge in [0.15, 0.2) is 0 Å². The molecule has 1 rings (SSSR count). The quantitative estimate of drug-likeness (QED) is 0.543. The maximum Gasteiger partial charge on any atom is 0.237 e. The Balaban J connectivity index is 2.38. The minimum Gasteiger partial charge on any atom is -0.368 e. The molecule has 2 unspecified atom stereocenters. The molecule has 1 saturated heterocycles. The van der Waals surface area contributed by atoms with Gasteiger partial charge in [-0.05, 0) is 25.3 Å². The molecule has 14 heavy (non-hydrogen) atoms. The van der Waals surface area contributed by atoms with E-state index in [0.29, 0.717) is 5.92 Å². The maximum absolute atomic E-state index is 11.5. The Hall–Kier alpha value is -1.10. The van der Waals surface area contributed by atoms with Crippen LogP contribution in [0.5, 0.6) is 0 Å². The lowest BCUT2D eigenvalue weighted by Crippen LogP contribution is -2.52. The molecule has 0 spiro atoms. The molecule has 0 radical (unpaired) electrons. The van der Waals surface area contributed by atoms with E-state index in [1.54, 1.807) is 0 Å². The minimum atomic E-state index is -0.512. The van der Waals surface area contributed by atoms with E-state index in [2.05, 4.69) is 10.6 Å². The van der Waals surface area contributed by atoms with E-state index in [0.717, 1.165) is 19.4 Å². The number of nitrogens with one attached hydrogen (secondary N) is 2. The number of piperidine rings is 1. The summed E-state index contributed by atoms with van der Waals surface area (Å²) in [7, 11) is 0. The lowest BCUT2D eigenvalue weighted by molar-refractivity contribution is -0.127. The van der Waals surface area contributed by atoms with Gasteiger partial charge in [-0.3, -0.25) is 9.59 Å². The first kappa shape index (κ1) is 11.0. The second-order valence-corrected chi connectivity index (χ2v) is 3.74. The lowest BCUT2D eigenvalue weighted by Gasteiger charge is -2.28. The Morgan fingerprint density at radius 1 is 1.57 bits per heavy atom. The Morgan fingerprint density at radius 2 is 2.29 bits per heavy atom. The number of hydrogen-bond acceptors (Lipinski definition) is 3. The molecular formula is C9H17N3O2. The number of carbonyl (C=O) groups excluding carboxylic acids is 2. The van der Waals surface area contributed by atoms with Gasteiger partial charge in [0.05, 0.1) is 12.6 Å². The van der Waals surface area contributed by atoms with Crippen LogP contribution in [-0.4, -0.2) is 30.9 Å². The molecule has 1 aliphatic rings. The van der Waals surface area contributed by atoms with Crippen molar-refractivity contribution in [1.82, 2.24) is 10.6 Å². The van der Waals surface area contributed by atoms with Gasteiger partial charge in [-0.1, -0.05) is 6.92 Å². The van der Waals surface area contributed by atoms with Gasteiger partial charge in [0.2, 0.25) is 11.8 Å². The Bertz CT molecular complexity index is 230. The third kappa shape index (κ3) is 2.99. The van der Waals surface area contributed by atoms with Crippen molar-refractivity contribution in [1.29, 1.82) is 0 Å². The fourth-order valence-corrected chi connectivity index (χ4v) is 1.68. The van der Waals surface area contributed by atoms with Crippen LogP contribution < -0.4 is 16.4 Å². The van der Waals surface area contributed by atoms with E-state index >= 15 is 0 Å². The molecule has 0 aromatic rings. The summed E-state index contributed by atoms with van der Waals surface area (Å²) in [5.41, 5.74) is 4.93. The molecule has 2 amide bonds. The zero-order chi connectivity index (χ0) is 10.6. The normalized spacial score (nSPS) is 26.9. The number of amides is 2. The number of rotatable bonds is 3. The molecule has 0 aromatic heterocycles. The van der Waals surface area contributed by atoms with E-state index in [-0.39, 0.29) is 18.5 Å². The van der Waals surface area contributed by atoms with Crippen molar-refractivity contribution < 1.29 is 9.59 Å². The van der Waals surface area contributed by atoms with Gasteiger partial charge < -0.3 is 16.4 Å². The first-order valence-electron chi connectivity index (χ1n) is 4.90. The van der Waals surface area contributed by atoms with Crippen molar-refractivity contribution in [2.24, 2.45) is 11.7 Å². The van der Waals surface area contributed by atoms with Crippen LogP contribution in [0.1, 0.15) is 19.8 Å². The van der Waals surface area contributed by atoms with Gasteiger partial charge in [-0.2, -0.15) is 0 Å². The largest absolute Gasteiger partial charge is 0.368 e. The van der Waals surface area contributed by atoms with Gasteiger partial charge >= 0.3 is 0 Å². The number of hydrogen-bond donors (Lipinski definition) is 3. The summed E-state index contributed by atoms with van der Waals surface area (Å²) in [6.45, 7) is 2.81. The highest BCUT2D eigenvalue weighted by atomic mass is 16.2. The summed E-state index contributed by atoms with van der Waals surface area (Å²) in [5.74, 6) is -0.325. The van der Waals surface area contributed by atoms with Crippen molar-refractivity contribution in [2.45, 2.75) is 25.8 Å². The van der Waals surface area contributed by atoms with E-state index in [1.165, 1.54) is 0 Å². The van der Waals surface area contributed by atoms with Crippen LogP contribution in [0.4, 0.5) is 0 Å². The summed E-state index contributed by atoms with van der Waals surface area (Å²) in [6.07, 6.45) is 2.14. The fourth-order valence-electron chi connectivity index (χ4n) is 1.68. The van der Waals surface area contributed by atoms with Crippen molar-refractivity contribution in [3.63, 3.8) is 0 Å². The molecule has 0 aromatic carbocycles. The zero-order valence-corrected chi connectivity index (χ0v) is 8.38. The monoisotopic (exact) mass is 199 g/mol. The zero-order valence-electron chi connectivity index (χ0n) is 8.38. The highest BCUT2D eigenvalue weighted by Crippen LogP contribution is 2.15. The molecule has 0 bridgehead atoms.